The summed E-state index contributed by atoms with van der Waals surface area (Å²) in [5.74, 6) is 3.72. The second-order valence-electron chi connectivity index (χ2n) is 2.59. The van der Waals surface area contributed by atoms with Crippen molar-refractivity contribution in [3.8, 4) is 11.8 Å². The standard InChI is InChI=1S/C9H10O3/c1-2-12-9(11)8(10)6-5-7-3-4-7/h7H,2-4H2,1H3. The molecule has 1 fully saturated rings. The Morgan fingerprint density at radius 3 is 2.67 bits per heavy atom. The zero-order chi connectivity index (χ0) is 8.97. The quantitative estimate of drug-likeness (QED) is 0.260. The fourth-order valence-electron chi connectivity index (χ4n) is 0.643. The molecule has 0 radical (unpaired) electrons. The highest BCUT2D eigenvalue weighted by Gasteiger charge is 2.19. The molecule has 0 unspecified atom stereocenters. The van der Waals surface area contributed by atoms with E-state index in [2.05, 4.69) is 16.6 Å². The van der Waals surface area contributed by atoms with E-state index in [0.717, 1.165) is 12.8 Å². The van der Waals surface area contributed by atoms with E-state index in [0.29, 0.717) is 5.92 Å². The maximum absolute atomic E-state index is 10.8. The first-order valence-electron chi connectivity index (χ1n) is 3.96. The lowest BCUT2D eigenvalue weighted by molar-refractivity contribution is -0.150. The third-order valence-corrected chi connectivity index (χ3v) is 1.43. The van der Waals surface area contributed by atoms with E-state index in [4.69, 9.17) is 0 Å². The van der Waals surface area contributed by atoms with Crippen LogP contribution in [0.5, 0.6) is 0 Å². The van der Waals surface area contributed by atoms with Gasteiger partial charge < -0.3 is 4.74 Å². The van der Waals surface area contributed by atoms with Crippen LogP contribution in [0, 0.1) is 17.8 Å². The van der Waals surface area contributed by atoms with Crippen LogP contribution in [0.2, 0.25) is 0 Å². The van der Waals surface area contributed by atoms with Gasteiger partial charge in [0.05, 0.1) is 6.61 Å². The minimum absolute atomic E-state index is 0.218. The number of rotatable bonds is 2. The maximum Gasteiger partial charge on any atom is 0.388 e. The van der Waals surface area contributed by atoms with Crippen LogP contribution in [0.25, 0.3) is 0 Å². The van der Waals surface area contributed by atoms with Crippen molar-refractivity contribution in [3.05, 3.63) is 0 Å². The van der Waals surface area contributed by atoms with Crippen LogP contribution < -0.4 is 0 Å². The molecule has 1 aliphatic rings. The highest BCUT2D eigenvalue weighted by molar-refractivity contribution is 6.40. The molecular weight excluding hydrogens is 156 g/mol. The van der Waals surface area contributed by atoms with E-state index in [1.165, 1.54) is 0 Å². The minimum atomic E-state index is -0.842. The molecule has 1 saturated carbocycles. The second kappa shape index (κ2) is 3.91. The molecule has 12 heavy (non-hydrogen) atoms. The van der Waals surface area contributed by atoms with E-state index >= 15 is 0 Å². The summed E-state index contributed by atoms with van der Waals surface area (Å²) in [5, 5.41) is 0. The highest BCUT2D eigenvalue weighted by atomic mass is 16.5. The van der Waals surface area contributed by atoms with Crippen molar-refractivity contribution in [1.29, 1.82) is 0 Å². The van der Waals surface area contributed by atoms with Gasteiger partial charge in [0.15, 0.2) is 0 Å². The third kappa shape index (κ3) is 2.75. The van der Waals surface area contributed by atoms with Gasteiger partial charge in [-0.15, -0.1) is 0 Å². The number of hydrogen-bond acceptors (Lipinski definition) is 3. The maximum atomic E-state index is 10.8. The van der Waals surface area contributed by atoms with Gasteiger partial charge in [-0.1, -0.05) is 5.92 Å². The van der Waals surface area contributed by atoms with Crippen molar-refractivity contribution >= 4 is 11.8 Å². The summed E-state index contributed by atoms with van der Waals surface area (Å²) >= 11 is 0. The summed E-state index contributed by atoms with van der Waals surface area (Å²) < 4.78 is 4.47. The fraction of sp³-hybridized carbons (Fsp3) is 0.556. The largest absolute Gasteiger partial charge is 0.459 e. The van der Waals surface area contributed by atoms with Crippen LogP contribution in [0.4, 0.5) is 0 Å². The molecule has 64 valence electrons. The summed E-state index contributed by atoms with van der Waals surface area (Å²) in [6.07, 6.45) is 2.09. The summed E-state index contributed by atoms with van der Waals surface area (Å²) in [4.78, 5) is 21.5. The molecule has 0 aromatic heterocycles. The monoisotopic (exact) mass is 166 g/mol. The summed E-state index contributed by atoms with van der Waals surface area (Å²) in [6, 6.07) is 0. The fourth-order valence-corrected chi connectivity index (χ4v) is 0.643. The molecule has 0 N–H and O–H groups in total. The van der Waals surface area contributed by atoms with E-state index in [1.807, 2.05) is 0 Å². The van der Waals surface area contributed by atoms with Gasteiger partial charge in [0, 0.05) is 5.92 Å². The zero-order valence-corrected chi connectivity index (χ0v) is 6.92. The smallest absolute Gasteiger partial charge is 0.388 e. The van der Waals surface area contributed by atoms with Crippen LogP contribution in [0.3, 0.4) is 0 Å². The summed E-state index contributed by atoms with van der Waals surface area (Å²) in [7, 11) is 0. The predicted molar refractivity (Wildman–Crippen MR) is 42.1 cm³/mol. The Kier molecular flexibility index (Phi) is 2.87. The van der Waals surface area contributed by atoms with Gasteiger partial charge in [0.1, 0.15) is 0 Å². The topological polar surface area (TPSA) is 43.4 Å². The van der Waals surface area contributed by atoms with Gasteiger partial charge in [0.25, 0.3) is 0 Å². The van der Waals surface area contributed by atoms with E-state index in [-0.39, 0.29) is 6.61 Å². The summed E-state index contributed by atoms with van der Waals surface area (Å²) in [6.45, 7) is 1.87. The van der Waals surface area contributed by atoms with Gasteiger partial charge in [0.2, 0.25) is 0 Å². The number of carbonyl (C=O) groups excluding carboxylic acids is 2. The van der Waals surface area contributed by atoms with Crippen molar-refractivity contribution in [2.75, 3.05) is 6.61 Å². The van der Waals surface area contributed by atoms with Crippen LogP contribution in [0.15, 0.2) is 0 Å². The molecule has 1 aliphatic carbocycles. The van der Waals surface area contributed by atoms with Crippen LogP contribution in [-0.4, -0.2) is 18.4 Å². The van der Waals surface area contributed by atoms with Gasteiger partial charge in [-0.25, -0.2) is 4.79 Å². The van der Waals surface area contributed by atoms with Crippen molar-refractivity contribution in [1.82, 2.24) is 0 Å². The van der Waals surface area contributed by atoms with Gasteiger partial charge >= 0.3 is 11.8 Å². The number of hydrogen-bond donors (Lipinski definition) is 0. The van der Waals surface area contributed by atoms with Gasteiger partial charge in [-0.05, 0) is 25.7 Å². The first-order chi connectivity index (χ1) is 5.74. The first-order valence-corrected chi connectivity index (χ1v) is 3.96. The molecule has 3 nitrogen and oxygen atoms in total. The number of ketones is 1. The van der Waals surface area contributed by atoms with E-state index in [9.17, 15) is 9.59 Å². The Hall–Kier alpha value is -1.30. The van der Waals surface area contributed by atoms with Gasteiger partial charge in [-0.2, -0.15) is 0 Å². The molecule has 0 spiro atoms. The Morgan fingerprint density at radius 1 is 1.50 bits per heavy atom. The van der Waals surface area contributed by atoms with E-state index in [1.54, 1.807) is 6.92 Å². The first kappa shape index (κ1) is 8.79. The van der Waals surface area contributed by atoms with Crippen molar-refractivity contribution in [2.24, 2.45) is 5.92 Å². The molecule has 0 amide bonds. The Bertz CT molecular complexity index is 253. The van der Waals surface area contributed by atoms with Crippen molar-refractivity contribution in [2.45, 2.75) is 19.8 Å². The normalized spacial score (nSPS) is 14.4. The number of esters is 1. The van der Waals surface area contributed by atoms with Gasteiger partial charge in [-0.3, -0.25) is 4.79 Å². The summed E-state index contributed by atoms with van der Waals surface area (Å²) in [5.41, 5.74) is 0. The lowest BCUT2D eigenvalue weighted by atomic mass is 10.3. The lowest BCUT2D eigenvalue weighted by Crippen LogP contribution is -2.15. The molecule has 1 rings (SSSR count). The zero-order valence-electron chi connectivity index (χ0n) is 6.92. The third-order valence-electron chi connectivity index (χ3n) is 1.43. The van der Waals surface area contributed by atoms with Crippen LogP contribution >= 0.6 is 0 Å². The lowest BCUT2D eigenvalue weighted by Gasteiger charge is -1.93. The Morgan fingerprint density at radius 2 is 2.17 bits per heavy atom. The Labute approximate surface area is 71.1 Å². The van der Waals surface area contributed by atoms with Crippen LogP contribution in [-0.2, 0) is 14.3 Å². The molecule has 0 bridgehead atoms. The molecule has 0 aliphatic heterocycles. The van der Waals surface area contributed by atoms with Crippen molar-refractivity contribution < 1.29 is 14.3 Å². The molecular formula is C9H10O3. The molecule has 0 saturated heterocycles. The second-order valence-corrected chi connectivity index (χ2v) is 2.59. The number of ether oxygens (including phenoxy) is 1. The molecule has 0 heterocycles. The number of Topliss-reactive ketones (excluding diaryl/α,β-unsaturated/α-hetero) is 1. The van der Waals surface area contributed by atoms with Crippen LogP contribution in [0.1, 0.15) is 19.8 Å². The average Bonchev–Trinajstić information content (AvgIpc) is 2.83. The molecule has 0 aromatic carbocycles. The molecule has 0 aromatic rings. The molecule has 0 atom stereocenters. The minimum Gasteiger partial charge on any atom is -0.459 e. The van der Waals surface area contributed by atoms with E-state index < -0.39 is 11.8 Å². The highest BCUT2D eigenvalue weighted by Crippen LogP contribution is 2.27. The predicted octanol–water partition coefficient (Wildman–Crippen LogP) is 0.532. The number of carbonyl (C=O) groups is 2. The molecule has 3 heteroatoms. The average molecular weight is 166 g/mol. The Balaban J connectivity index is 2.37. The SMILES string of the molecule is CCOC(=O)C(=O)C#CC1CC1. The van der Waals surface area contributed by atoms with Crippen molar-refractivity contribution in [3.63, 3.8) is 0 Å².